The zero-order valence-corrected chi connectivity index (χ0v) is 20.1. The molecule has 10 heteroatoms. The maximum absolute atomic E-state index is 13.6. The Labute approximate surface area is 206 Å². The second kappa shape index (κ2) is 7.45. The third-order valence-electron chi connectivity index (χ3n) is 7.58. The number of nitrogens with zero attached hydrogens (tertiary/aromatic N) is 3. The van der Waals surface area contributed by atoms with Crippen LogP contribution in [0, 0.1) is 5.92 Å². The number of rotatable bonds is 3. The Morgan fingerprint density at radius 3 is 2.50 bits per heavy atom. The molecule has 0 spiro atoms. The second-order valence-electron chi connectivity index (χ2n) is 10.3. The number of benzene rings is 2. The van der Waals surface area contributed by atoms with E-state index in [0.29, 0.717) is 22.2 Å². The molecule has 3 aromatic rings. The molecule has 0 saturated carbocycles. The van der Waals surface area contributed by atoms with Gasteiger partial charge in [-0.05, 0) is 31.0 Å². The van der Waals surface area contributed by atoms with Gasteiger partial charge in [-0.2, -0.15) is 0 Å². The molecule has 36 heavy (non-hydrogen) atoms. The molecule has 0 aliphatic carbocycles. The minimum absolute atomic E-state index is 0.0157. The Balaban J connectivity index is 1.52. The third kappa shape index (κ3) is 2.95. The Morgan fingerprint density at radius 1 is 1.06 bits per heavy atom. The number of aliphatic hydroxyl groups is 2. The van der Waals surface area contributed by atoms with Crippen molar-refractivity contribution in [3.63, 3.8) is 0 Å². The predicted octanol–water partition coefficient (Wildman–Crippen LogP) is 0.811. The summed E-state index contributed by atoms with van der Waals surface area (Å²) in [6.45, 7) is 5.21. The number of hydrogen-bond donors (Lipinski definition) is 4. The molecular formula is C26H27N5O5. The first-order valence-corrected chi connectivity index (χ1v) is 12.0. The van der Waals surface area contributed by atoms with Crippen LogP contribution in [0.5, 0.6) is 0 Å². The van der Waals surface area contributed by atoms with Gasteiger partial charge < -0.3 is 15.5 Å². The quantitative estimate of drug-likeness (QED) is 0.427. The number of aromatic nitrogens is 2. The van der Waals surface area contributed by atoms with E-state index in [1.165, 1.54) is 11.5 Å². The van der Waals surface area contributed by atoms with Crippen molar-refractivity contribution in [2.45, 2.75) is 56.8 Å². The Bertz CT molecular complexity index is 1500. The largest absolute Gasteiger partial charge is 0.381 e. The fraction of sp³-hybridized carbons (Fsp3) is 0.385. The molecule has 5 atom stereocenters. The molecular weight excluding hydrogens is 462 g/mol. The van der Waals surface area contributed by atoms with Gasteiger partial charge in [0.15, 0.2) is 11.5 Å². The maximum atomic E-state index is 13.6. The number of hydrogen-bond acceptors (Lipinski definition) is 7. The number of fused-ring (bicyclic) bond motifs is 5. The lowest BCUT2D eigenvalue weighted by molar-refractivity contribution is -0.140. The molecule has 3 aliphatic heterocycles. The Hall–Kier alpha value is -3.60. The van der Waals surface area contributed by atoms with Crippen molar-refractivity contribution < 1.29 is 19.8 Å². The molecule has 6 rings (SSSR count). The minimum Gasteiger partial charge on any atom is -0.381 e. The summed E-state index contributed by atoms with van der Waals surface area (Å²) in [6.07, 6.45) is -1.04. The molecule has 4 N–H and O–H groups in total. The minimum atomic E-state index is -1.89. The summed E-state index contributed by atoms with van der Waals surface area (Å²) < 4.78 is 1.18. The highest BCUT2D eigenvalue weighted by molar-refractivity contribution is 6.03. The van der Waals surface area contributed by atoms with Gasteiger partial charge >= 0.3 is 0 Å². The topological polar surface area (TPSA) is 137 Å². The summed E-state index contributed by atoms with van der Waals surface area (Å²) in [6, 6.07) is 12.1. The van der Waals surface area contributed by atoms with E-state index in [0.717, 1.165) is 0 Å². The zero-order valence-electron chi connectivity index (χ0n) is 20.1. The van der Waals surface area contributed by atoms with Crippen molar-refractivity contribution in [3.8, 4) is 0 Å². The van der Waals surface area contributed by atoms with Gasteiger partial charge in [-0.1, -0.05) is 44.2 Å². The molecule has 2 amide bonds. The van der Waals surface area contributed by atoms with Gasteiger partial charge in [-0.25, -0.2) is 4.98 Å². The van der Waals surface area contributed by atoms with E-state index in [-0.39, 0.29) is 24.1 Å². The van der Waals surface area contributed by atoms with Crippen molar-refractivity contribution in [2.24, 2.45) is 5.92 Å². The fourth-order valence-electron chi connectivity index (χ4n) is 5.85. The number of amides is 2. The van der Waals surface area contributed by atoms with Gasteiger partial charge in [-0.15, -0.1) is 0 Å². The number of nitrogens with one attached hydrogen (secondary N) is 2. The average Bonchev–Trinajstić information content (AvgIpc) is 3.30. The standard InChI is InChI=1S/C26H27N5O5/c1-13(2)19-22(34)30-17-11-7-5-9-15(17)26(36,24(30)28-19)12-18-20(32)29-25(3,35)23-27-16-10-6-4-8-14(16)21(33)31(18)23/h4-11,13,18-19,24,28,35-36H,12H2,1-3H3,(H,29,32)/t18-,19+,24-,25+,26-/m1/s1. The highest BCUT2D eigenvalue weighted by atomic mass is 16.3. The monoisotopic (exact) mass is 489 g/mol. The van der Waals surface area contributed by atoms with E-state index in [9.17, 15) is 24.6 Å². The second-order valence-corrected chi connectivity index (χ2v) is 10.3. The van der Waals surface area contributed by atoms with Crippen molar-refractivity contribution in [2.75, 3.05) is 4.90 Å². The van der Waals surface area contributed by atoms with Crippen molar-refractivity contribution >= 4 is 28.4 Å². The van der Waals surface area contributed by atoms with Crippen molar-refractivity contribution in [3.05, 3.63) is 70.3 Å². The lowest BCUT2D eigenvalue weighted by Gasteiger charge is -2.40. The fourth-order valence-corrected chi connectivity index (χ4v) is 5.85. The first kappa shape index (κ1) is 22.8. The summed E-state index contributed by atoms with van der Waals surface area (Å²) in [5.41, 5.74) is -2.61. The van der Waals surface area contributed by atoms with Crippen LogP contribution in [0.1, 0.15) is 44.6 Å². The number of carbonyl (C=O) groups is 2. The van der Waals surface area contributed by atoms with E-state index in [1.54, 1.807) is 53.4 Å². The summed E-state index contributed by atoms with van der Waals surface area (Å²) in [4.78, 5) is 46.3. The lowest BCUT2D eigenvalue weighted by atomic mass is 9.85. The molecule has 186 valence electrons. The summed E-state index contributed by atoms with van der Waals surface area (Å²) in [7, 11) is 0. The van der Waals surface area contributed by atoms with Crippen LogP contribution in [-0.2, 0) is 20.9 Å². The van der Waals surface area contributed by atoms with Gasteiger partial charge in [-0.3, -0.25) is 29.2 Å². The number of anilines is 1. The number of carbonyl (C=O) groups excluding carboxylic acids is 2. The van der Waals surface area contributed by atoms with Gasteiger partial charge in [0.25, 0.3) is 5.56 Å². The maximum Gasteiger partial charge on any atom is 0.262 e. The van der Waals surface area contributed by atoms with Crippen LogP contribution in [0.15, 0.2) is 53.3 Å². The highest BCUT2D eigenvalue weighted by Gasteiger charge is 2.60. The summed E-state index contributed by atoms with van der Waals surface area (Å²) >= 11 is 0. The van der Waals surface area contributed by atoms with E-state index in [4.69, 9.17) is 0 Å². The van der Waals surface area contributed by atoms with Crippen LogP contribution in [0.3, 0.4) is 0 Å². The molecule has 2 aromatic carbocycles. The predicted molar refractivity (Wildman–Crippen MR) is 131 cm³/mol. The highest BCUT2D eigenvalue weighted by Crippen LogP contribution is 2.50. The van der Waals surface area contributed by atoms with Crippen molar-refractivity contribution in [1.82, 2.24) is 20.2 Å². The summed E-state index contributed by atoms with van der Waals surface area (Å²) in [5.74, 6) is -0.815. The molecule has 10 nitrogen and oxygen atoms in total. The smallest absolute Gasteiger partial charge is 0.262 e. The van der Waals surface area contributed by atoms with E-state index >= 15 is 0 Å². The average molecular weight is 490 g/mol. The van der Waals surface area contributed by atoms with E-state index in [1.807, 2.05) is 13.8 Å². The van der Waals surface area contributed by atoms with Crippen LogP contribution in [0.25, 0.3) is 10.9 Å². The van der Waals surface area contributed by atoms with Gasteiger partial charge in [0.2, 0.25) is 11.8 Å². The molecule has 0 unspecified atom stereocenters. The zero-order chi connectivity index (χ0) is 25.6. The molecule has 1 aromatic heterocycles. The first-order chi connectivity index (χ1) is 17.0. The van der Waals surface area contributed by atoms with Gasteiger partial charge in [0.05, 0.1) is 22.6 Å². The van der Waals surface area contributed by atoms with Gasteiger partial charge in [0, 0.05) is 12.0 Å². The van der Waals surface area contributed by atoms with Crippen LogP contribution in [0.4, 0.5) is 5.69 Å². The third-order valence-corrected chi connectivity index (χ3v) is 7.58. The molecule has 3 aliphatic rings. The Kier molecular flexibility index (Phi) is 4.73. The van der Waals surface area contributed by atoms with Crippen LogP contribution < -0.4 is 21.1 Å². The molecule has 0 radical (unpaired) electrons. The SMILES string of the molecule is CC(C)[C@@H]1N[C@@H]2N(C1=O)c1ccccc1[C@]2(O)C[C@@H]1C(=O)N[C@@](C)(O)c2nc3ccccc3c(=O)n21. The lowest BCUT2D eigenvalue weighted by Crippen LogP contribution is -2.59. The molecule has 4 heterocycles. The van der Waals surface area contributed by atoms with E-state index < -0.39 is 41.0 Å². The molecule has 1 saturated heterocycles. The van der Waals surface area contributed by atoms with Crippen LogP contribution >= 0.6 is 0 Å². The molecule has 0 bridgehead atoms. The normalized spacial score (nSPS) is 30.9. The Morgan fingerprint density at radius 2 is 1.75 bits per heavy atom. The van der Waals surface area contributed by atoms with Crippen LogP contribution in [-0.4, -0.2) is 43.8 Å². The van der Waals surface area contributed by atoms with Gasteiger partial charge in [0.1, 0.15) is 17.8 Å². The first-order valence-electron chi connectivity index (χ1n) is 12.0. The van der Waals surface area contributed by atoms with Crippen LogP contribution in [0.2, 0.25) is 0 Å². The van der Waals surface area contributed by atoms with E-state index in [2.05, 4.69) is 15.6 Å². The summed E-state index contributed by atoms with van der Waals surface area (Å²) in [5, 5.41) is 29.3. The molecule has 1 fully saturated rings. The van der Waals surface area contributed by atoms with Crippen molar-refractivity contribution in [1.29, 1.82) is 0 Å². The number of para-hydroxylation sites is 2.